The van der Waals surface area contributed by atoms with Gasteiger partial charge in [0.1, 0.15) is 0 Å². The van der Waals surface area contributed by atoms with Crippen LogP contribution in [0, 0.1) is 0 Å². The number of aromatic nitrogens is 2. The molecule has 0 radical (unpaired) electrons. The Labute approximate surface area is 163 Å². The number of fused-ring (bicyclic) bond motifs is 1. The van der Waals surface area contributed by atoms with E-state index >= 15 is 0 Å². The second kappa shape index (κ2) is 8.90. The van der Waals surface area contributed by atoms with Crippen LogP contribution in [0.2, 0.25) is 0 Å². The number of rotatable bonds is 6. The normalized spacial score (nSPS) is 11.9. The molecule has 0 saturated carbocycles. The van der Waals surface area contributed by atoms with Crippen LogP contribution in [0.15, 0.2) is 70.1 Å². The molecule has 3 rings (SSSR count). The number of hydrogen-bond acceptors (Lipinski definition) is 4. The quantitative estimate of drug-likeness (QED) is 0.529. The van der Waals surface area contributed by atoms with Crippen LogP contribution in [0.5, 0.6) is 0 Å². The van der Waals surface area contributed by atoms with Crippen LogP contribution in [0.1, 0.15) is 36.3 Å². The highest BCUT2D eigenvalue weighted by atomic mass is 16.2. The van der Waals surface area contributed by atoms with Crippen molar-refractivity contribution < 1.29 is 4.79 Å². The van der Waals surface area contributed by atoms with Crippen molar-refractivity contribution >= 4 is 29.0 Å². The van der Waals surface area contributed by atoms with Gasteiger partial charge < -0.3 is 0 Å². The SMILES string of the molecule is CCCn1nc(C(=O)N/N=C\C(C)=C\c2ccccc2)c2ccccc2c1=O. The van der Waals surface area contributed by atoms with E-state index in [9.17, 15) is 9.59 Å². The smallest absolute Gasteiger partial charge is 0.267 e. The number of allylic oxidation sites excluding steroid dienone is 1. The lowest BCUT2D eigenvalue weighted by atomic mass is 10.1. The first-order valence-electron chi connectivity index (χ1n) is 9.16. The summed E-state index contributed by atoms with van der Waals surface area (Å²) >= 11 is 0. The molecule has 0 aliphatic heterocycles. The van der Waals surface area contributed by atoms with Gasteiger partial charge in [0.25, 0.3) is 11.5 Å². The molecule has 1 N–H and O–H groups in total. The van der Waals surface area contributed by atoms with Gasteiger partial charge >= 0.3 is 0 Å². The molecule has 1 heterocycles. The van der Waals surface area contributed by atoms with Crippen LogP contribution in [-0.4, -0.2) is 21.9 Å². The molecule has 3 aromatic rings. The van der Waals surface area contributed by atoms with Crippen molar-refractivity contribution in [3.63, 3.8) is 0 Å². The molecule has 2 aromatic carbocycles. The summed E-state index contributed by atoms with van der Waals surface area (Å²) in [4.78, 5) is 25.1. The summed E-state index contributed by atoms with van der Waals surface area (Å²) in [6.07, 6.45) is 4.29. The molecule has 0 spiro atoms. The van der Waals surface area contributed by atoms with Crippen molar-refractivity contribution in [2.24, 2.45) is 5.10 Å². The van der Waals surface area contributed by atoms with E-state index in [4.69, 9.17) is 0 Å². The standard InChI is InChI=1S/C22H22N4O2/c1-3-13-26-22(28)19-12-8-7-11-18(19)20(25-26)21(27)24-23-15-16(2)14-17-9-5-4-6-10-17/h4-12,14-15H,3,13H2,1-2H3,(H,24,27)/b16-14+,23-15-. The first-order chi connectivity index (χ1) is 13.6. The van der Waals surface area contributed by atoms with Gasteiger partial charge in [0.05, 0.1) is 11.6 Å². The van der Waals surface area contributed by atoms with Gasteiger partial charge in [0.2, 0.25) is 0 Å². The van der Waals surface area contributed by atoms with E-state index in [0.29, 0.717) is 17.3 Å². The van der Waals surface area contributed by atoms with Gasteiger partial charge in [-0.25, -0.2) is 10.1 Å². The Morgan fingerprint density at radius 2 is 1.79 bits per heavy atom. The van der Waals surface area contributed by atoms with E-state index in [2.05, 4.69) is 15.6 Å². The Hall–Kier alpha value is -3.54. The number of hydrogen-bond donors (Lipinski definition) is 1. The molecule has 6 heteroatoms. The summed E-state index contributed by atoms with van der Waals surface area (Å²) in [6, 6.07) is 16.8. The van der Waals surface area contributed by atoms with Crippen molar-refractivity contribution in [3.8, 4) is 0 Å². The van der Waals surface area contributed by atoms with Crippen molar-refractivity contribution in [1.29, 1.82) is 0 Å². The number of benzene rings is 2. The largest absolute Gasteiger partial charge is 0.292 e. The molecular weight excluding hydrogens is 352 g/mol. The summed E-state index contributed by atoms with van der Waals surface area (Å²) in [5, 5.41) is 9.28. The molecule has 0 saturated heterocycles. The lowest BCUT2D eigenvalue weighted by Gasteiger charge is -2.09. The first kappa shape index (κ1) is 19.2. The number of nitrogens with zero attached hydrogens (tertiary/aromatic N) is 3. The topological polar surface area (TPSA) is 76.3 Å². The van der Waals surface area contributed by atoms with E-state index < -0.39 is 5.91 Å². The molecular formula is C22H22N4O2. The molecule has 0 atom stereocenters. The highest BCUT2D eigenvalue weighted by Crippen LogP contribution is 2.13. The molecule has 6 nitrogen and oxygen atoms in total. The molecule has 0 unspecified atom stereocenters. The van der Waals surface area contributed by atoms with Crippen LogP contribution in [0.4, 0.5) is 0 Å². The van der Waals surface area contributed by atoms with E-state index in [1.54, 1.807) is 30.5 Å². The molecule has 142 valence electrons. The van der Waals surface area contributed by atoms with Crippen molar-refractivity contribution in [2.45, 2.75) is 26.8 Å². The predicted molar refractivity (Wildman–Crippen MR) is 112 cm³/mol. The third kappa shape index (κ3) is 4.40. The Morgan fingerprint density at radius 3 is 2.50 bits per heavy atom. The van der Waals surface area contributed by atoms with Crippen molar-refractivity contribution in [3.05, 3.63) is 81.8 Å². The fraction of sp³-hybridized carbons (Fsp3) is 0.182. The monoisotopic (exact) mass is 374 g/mol. The lowest BCUT2D eigenvalue weighted by Crippen LogP contribution is -2.29. The van der Waals surface area contributed by atoms with Crippen LogP contribution in [-0.2, 0) is 6.54 Å². The third-order valence-corrected chi connectivity index (χ3v) is 4.15. The van der Waals surface area contributed by atoms with Crippen molar-refractivity contribution in [2.75, 3.05) is 0 Å². The second-order valence-electron chi connectivity index (χ2n) is 6.42. The zero-order valence-electron chi connectivity index (χ0n) is 15.9. The summed E-state index contributed by atoms with van der Waals surface area (Å²) in [5.74, 6) is -0.454. The maximum absolute atomic E-state index is 12.6. The Bertz CT molecular complexity index is 1100. The van der Waals surface area contributed by atoms with Gasteiger partial charge in [0, 0.05) is 11.9 Å². The van der Waals surface area contributed by atoms with Gasteiger partial charge in [0.15, 0.2) is 5.69 Å². The minimum atomic E-state index is -0.454. The molecule has 1 amide bonds. The van der Waals surface area contributed by atoms with Crippen molar-refractivity contribution in [1.82, 2.24) is 15.2 Å². The molecule has 0 aliphatic carbocycles. The second-order valence-corrected chi connectivity index (χ2v) is 6.42. The van der Waals surface area contributed by atoms with Gasteiger partial charge in [-0.1, -0.05) is 61.5 Å². The minimum absolute atomic E-state index is 0.186. The van der Waals surface area contributed by atoms with E-state index in [-0.39, 0.29) is 11.3 Å². The Morgan fingerprint density at radius 1 is 1.11 bits per heavy atom. The fourth-order valence-electron chi connectivity index (χ4n) is 2.86. The highest BCUT2D eigenvalue weighted by Gasteiger charge is 2.15. The lowest BCUT2D eigenvalue weighted by molar-refractivity contribution is 0.0949. The minimum Gasteiger partial charge on any atom is -0.267 e. The number of hydrazone groups is 1. The third-order valence-electron chi connectivity index (χ3n) is 4.15. The predicted octanol–water partition coefficient (Wildman–Crippen LogP) is 3.63. The Balaban J connectivity index is 1.84. The van der Waals surface area contributed by atoms with Gasteiger partial charge in [-0.15, -0.1) is 0 Å². The van der Waals surface area contributed by atoms with E-state index in [1.807, 2.05) is 50.3 Å². The maximum Gasteiger partial charge on any atom is 0.292 e. The number of aryl methyl sites for hydroxylation is 1. The summed E-state index contributed by atoms with van der Waals surface area (Å²) in [7, 11) is 0. The average molecular weight is 374 g/mol. The molecule has 1 aromatic heterocycles. The molecule has 0 bridgehead atoms. The van der Waals surface area contributed by atoms with Crippen LogP contribution >= 0.6 is 0 Å². The van der Waals surface area contributed by atoms with Gasteiger partial charge in [-0.2, -0.15) is 10.2 Å². The Kier molecular flexibility index (Phi) is 6.11. The highest BCUT2D eigenvalue weighted by molar-refractivity contribution is 6.05. The van der Waals surface area contributed by atoms with Crippen LogP contribution < -0.4 is 11.0 Å². The summed E-state index contributed by atoms with van der Waals surface area (Å²) in [6.45, 7) is 4.30. The zero-order chi connectivity index (χ0) is 19.9. The number of amides is 1. The molecule has 28 heavy (non-hydrogen) atoms. The maximum atomic E-state index is 12.6. The van der Waals surface area contributed by atoms with E-state index in [0.717, 1.165) is 17.6 Å². The first-order valence-corrected chi connectivity index (χ1v) is 9.16. The number of nitrogens with one attached hydrogen (secondary N) is 1. The van der Waals surface area contributed by atoms with Crippen LogP contribution in [0.3, 0.4) is 0 Å². The molecule has 0 fully saturated rings. The number of carbonyl (C=O) groups is 1. The zero-order valence-corrected chi connectivity index (χ0v) is 15.9. The summed E-state index contributed by atoms with van der Waals surface area (Å²) < 4.78 is 1.33. The summed E-state index contributed by atoms with van der Waals surface area (Å²) in [5.41, 5.74) is 4.44. The fourth-order valence-corrected chi connectivity index (χ4v) is 2.86. The average Bonchev–Trinajstić information content (AvgIpc) is 2.71. The van der Waals surface area contributed by atoms with Crippen LogP contribution in [0.25, 0.3) is 16.8 Å². The van der Waals surface area contributed by atoms with E-state index in [1.165, 1.54) is 4.68 Å². The van der Waals surface area contributed by atoms with Gasteiger partial charge in [-0.3, -0.25) is 9.59 Å². The molecule has 0 aliphatic rings. The number of carbonyl (C=O) groups excluding carboxylic acids is 1. The van der Waals surface area contributed by atoms with Gasteiger partial charge in [-0.05, 0) is 30.5 Å².